The van der Waals surface area contributed by atoms with Crippen LogP contribution >= 0.6 is 0 Å². The highest BCUT2D eigenvalue weighted by Gasteiger charge is 2.18. The van der Waals surface area contributed by atoms with Gasteiger partial charge >= 0.3 is 5.97 Å². The first-order valence-electron chi connectivity index (χ1n) is 8.21. The Balaban J connectivity index is 2.15. The van der Waals surface area contributed by atoms with Crippen molar-refractivity contribution in [3.63, 3.8) is 0 Å². The van der Waals surface area contributed by atoms with Crippen LogP contribution in [-0.4, -0.2) is 17.6 Å². The summed E-state index contributed by atoms with van der Waals surface area (Å²) in [7, 11) is 0. The van der Waals surface area contributed by atoms with Crippen LogP contribution in [-0.2, 0) is 9.53 Å². The lowest BCUT2D eigenvalue weighted by atomic mass is 9.95. The number of ether oxygens (including phenoxy) is 1. The van der Waals surface area contributed by atoms with E-state index in [2.05, 4.69) is 5.32 Å². The van der Waals surface area contributed by atoms with Gasteiger partial charge in [0.1, 0.15) is 5.60 Å². The molecule has 3 heteroatoms. The van der Waals surface area contributed by atoms with Gasteiger partial charge in [-0.2, -0.15) is 0 Å². The summed E-state index contributed by atoms with van der Waals surface area (Å²) in [6.07, 6.45) is 7.75. The molecule has 1 aliphatic carbocycles. The minimum Gasteiger partial charge on any atom is -0.457 e. The second kappa shape index (κ2) is 7.48. The Morgan fingerprint density at radius 3 is 2.36 bits per heavy atom. The minimum absolute atomic E-state index is 0.297. The molecule has 3 nitrogen and oxygen atoms in total. The van der Waals surface area contributed by atoms with Crippen molar-refractivity contribution in [1.82, 2.24) is 5.32 Å². The van der Waals surface area contributed by atoms with E-state index in [1.165, 1.54) is 32.1 Å². The molecule has 1 aromatic carbocycles. The number of hydrogen-bond acceptors (Lipinski definition) is 3. The predicted molar refractivity (Wildman–Crippen MR) is 90.3 cm³/mol. The van der Waals surface area contributed by atoms with Crippen LogP contribution in [0.3, 0.4) is 0 Å². The van der Waals surface area contributed by atoms with Crippen LogP contribution in [0, 0.1) is 0 Å². The van der Waals surface area contributed by atoms with Gasteiger partial charge in [0.15, 0.2) is 0 Å². The maximum Gasteiger partial charge on any atom is 0.333 e. The molecule has 0 amide bonds. The number of carbonyl (C=O) groups is 1. The molecule has 0 heterocycles. The third kappa shape index (κ3) is 5.55. The molecule has 120 valence electrons. The Hall–Kier alpha value is -1.77. The SMILES string of the molecule is CC(C)(C)OC(=O)/C=C(\NC1CCCCC1)c1ccccc1. The highest BCUT2D eigenvalue weighted by Crippen LogP contribution is 2.21. The third-order valence-corrected chi connectivity index (χ3v) is 3.72. The van der Waals surface area contributed by atoms with Gasteiger partial charge < -0.3 is 10.1 Å². The average Bonchev–Trinajstić information content (AvgIpc) is 2.47. The highest BCUT2D eigenvalue weighted by atomic mass is 16.6. The fraction of sp³-hybridized carbons (Fsp3) is 0.526. The van der Waals surface area contributed by atoms with E-state index in [4.69, 9.17) is 4.74 Å². The molecule has 0 unspecified atom stereocenters. The summed E-state index contributed by atoms with van der Waals surface area (Å²) in [6, 6.07) is 10.4. The van der Waals surface area contributed by atoms with Gasteiger partial charge in [-0.3, -0.25) is 0 Å². The molecule has 0 atom stereocenters. The fourth-order valence-electron chi connectivity index (χ4n) is 2.74. The number of esters is 1. The lowest BCUT2D eigenvalue weighted by Crippen LogP contribution is -2.30. The maximum atomic E-state index is 12.1. The smallest absolute Gasteiger partial charge is 0.333 e. The Morgan fingerprint density at radius 1 is 1.14 bits per heavy atom. The minimum atomic E-state index is -0.472. The zero-order valence-corrected chi connectivity index (χ0v) is 13.9. The van der Waals surface area contributed by atoms with Gasteiger partial charge in [-0.15, -0.1) is 0 Å². The summed E-state index contributed by atoms with van der Waals surface area (Å²) in [5.74, 6) is -0.297. The van der Waals surface area contributed by atoms with E-state index in [1.54, 1.807) is 6.08 Å². The molecule has 1 aromatic rings. The summed E-state index contributed by atoms with van der Waals surface area (Å²) in [5.41, 5.74) is 1.42. The predicted octanol–water partition coefficient (Wildman–Crippen LogP) is 4.29. The van der Waals surface area contributed by atoms with E-state index in [-0.39, 0.29) is 5.97 Å². The summed E-state index contributed by atoms with van der Waals surface area (Å²) in [6.45, 7) is 5.65. The summed E-state index contributed by atoms with van der Waals surface area (Å²) in [5, 5.41) is 3.55. The van der Waals surface area contributed by atoms with Crippen molar-refractivity contribution in [1.29, 1.82) is 0 Å². The van der Waals surface area contributed by atoms with Gasteiger partial charge in [0.05, 0.1) is 0 Å². The van der Waals surface area contributed by atoms with Crippen molar-refractivity contribution in [3.05, 3.63) is 42.0 Å². The fourth-order valence-corrected chi connectivity index (χ4v) is 2.74. The second-order valence-electron chi connectivity index (χ2n) is 6.94. The largest absolute Gasteiger partial charge is 0.457 e. The van der Waals surface area contributed by atoms with Crippen molar-refractivity contribution < 1.29 is 9.53 Å². The van der Waals surface area contributed by atoms with Gasteiger partial charge in [-0.25, -0.2) is 4.79 Å². The molecule has 0 saturated heterocycles. The van der Waals surface area contributed by atoms with E-state index in [1.807, 2.05) is 51.1 Å². The van der Waals surface area contributed by atoms with Crippen LogP contribution in [0.25, 0.3) is 5.70 Å². The molecule has 0 aromatic heterocycles. The number of hydrogen-bond donors (Lipinski definition) is 1. The van der Waals surface area contributed by atoms with Gasteiger partial charge in [0.2, 0.25) is 0 Å². The molecule has 2 rings (SSSR count). The summed E-state index contributed by atoms with van der Waals surface area (Å²) < 4.78 is 5.42. The first-order valence-corrected chi connectivity index (χ1v) is 8.21. The molecule has 0 radical (unpaired) electrons. The molecular formula is C19H27NO2. The van der Waals surface area contributed by atoms with Gasteiger partial charge in [-0.05, 0) is 39.2 Å². The van der Waals surface area contributed by atoms with Gasteiger partial charge in [0, 0.05) is 17.8 Å². The van der Waals surface area contributed by atoms with E-state index in [0.29, 0.717) is 6.04 Å². The molecule has 1 N–H and O–H groups in total. The van der Waals surface area contributed by atoms with Crippen LogP contribution in [0.4, 0.5) is 0 Å². The average molecular weight is 301 g/mol. The molecular weight excluding hydrogens is 274 g/mol. The van der Waals surface area contributed by atoms with E-state index in [9.17, 15) is 4.79 Å². The Morgan fingerprint density at radius 2 is 1.77 bits per heavy atom. The Kier molecular flexibility index (Phi) is 5.64. The first kappa shape index (κ1) is 16.6. The van der Waals surface area contributed by atoms with E-state index in [0.717, 1.165) is 11.3 Å². The van der Waals surface area contributed by atoms with Crippen LogP contribution in [0.5, 0.6) is 0 Å². The van der Waals surface area contributed by atoms with Crippen molar-refractivity contribution in [2.24, 2.45) is 0 Å². The van der Waals surface area contributed by atoms with Crippen LogP contribution in [0.2, 0.25) is 0 Å². The van der Waals surface area contributed by atoms with Crippen molar-refractivity contribution in [3.8, 4) is 0 Å². The zero-order valence-electron chi connectivity index (χ0n) is 13.9. The second-order valence-corrected chi connectivity index (χ2v) is 6.94. The van der Waals surface area contributed by atoms with Crippen molar-refractivity contribution in [2.45, 2.75) is 64.5 Å². The molecule has 0 bridgehead atoms. The standard InChI is InChI=1S/C19H27NO2/c1-19(2,3)22-18(21)14-17(15-10-6-4-7-11-15)20-16-12-8-5-9-13-16/h4,6-7,10-11,14,16,20H,5,8-9,12-13H2,1-3H3/b17-14-. The quantitative estimate of drug-likeness (QED) is 0.666. The van der Waals surface area contributed by atoms with Crippen molar-refractivity contribution >= 4 is 11.7 Å². The number of benzene rings is 1. The van der Waals surface area contributed by atoms with Crippen LogP contribution in [0.15, 0.2) is 36.4 Å². The van der Waals surface area contributed by atoms with Gasteiger partial charge in [-0.1, -0.05) is 49.6 Å². The maximum absolute atomic E-state index is 12.1. The topological polar surface area (TPSA) is 38.3 Å². The molecule has 1 saturated carbocycles. The third-order valence-electron chi connectivity index (χ3n) is 3.72. The van der Waals surface area contributed by atoms with Gasteiger partial charge in [0.25, 0.3) is 0 Å². The van der Waals surface area contributed by atoms with Crippen LogP contribution < -0.4 is 5.32 Å². The molecule has 0 aliphatic heterocycles. The summed E-state index contributed by atoms with van der Waals surface area (Å²) >= 11 is 0. The molecule has 0 spiro atoms. The molecule has 1 fully saturated rings. The lowest BCUT2D eigenvalue weighted by Gasteiger charge is -2.26. The zero-order chi connectivity index (χ0) is 16.0. The van der Waals surface area contributed by atoms with E-state index >= 15 is 0 Å². The number of nitrogens with one attached hydrogen (secondary N) is 1. The summed E-state index contributed by atoms with van der Waals surface area (Å²) in [4.78, 5) is 12.1. The normalized spacial score (nSPS) is 17.1. The van der Waals surface area contributed by atoms with Crippen LogP contribution in [0.1, 0.15) is 58.4 Å². The first-order chi connectivity index (χ1) is 10.4. The monoisotopic (exact) mass is 301 g/mol. The number of carbonyl (C=O) groups excluding carboxylic acids is 1. The molecule has 1 aliphatic rings. The Bertz CT molecular complexity index is 508. The number of rotatable bonds is 4. The lowest BCUT2D eigenvalue weighted by molar-refractivity contribution is -0.148. The Labute approximate surface area is 133 Å². The highest BCUT2D eigenvalue weighted by molar-refractivity contribution is 5.91. The molecule has 22 heavy (non-hydrogen) atoms. The van der Waals surface area contributed by atoms with E-state index < -0.39 is 5.60 Å². The van der Waals surface area contributed by atoms with Crippen molar-refractivity contribution in [2.75, 3.05) is 0 Å².